The number of halogens is 2. The molecule has 0 atom stereocenters. The summed E-state index contributed by atoms with van der Waals surface area (Å²) in [6.45, 7) is 0. The molecule has 0 aliphatic rings. The normalized spacial score (nSPS) is 10.2. The van der Waals surface area contributed by atoms with E-state index in [1.807, 2.05) is 0 Å². The van der Waals surface area contributed by atoms with Gasteiger partial charge in [-0.05, 0) is 58.4 Å². The molecular weight excluding hydrogens is 302 g/mol. The third-order valence-electron chi connectivity index (χ3n) is 2.35. The maximum absolute atomic E-state index is 12.1. The average Bonchev–Trinajstić information content (AvgIpc) is 2.33. The molecule has 0 amide bonds. The van der Waals surface area contributed by atoms with E-state index in [9.17, 15) is 4.79 Å². The summed E-state index contributed by atoms with van der Waals surface area (Å²) in [6.07, 6.45) is 0. The van der Waals surface area contributed by atoms with E-state index in [-0.39, 0.29) is 5.78 Å². The zero-order chi connectivity index (χ0) is 12.4. The summed E-state index contributed by atoms with van der Waals surface area (Å²) < 4.78 is 0.771. The molecule has 2 aromatic carbocycles. The van der Waals surface area contributed by atoms with E-state index >= 15 is 0 Å². The summed E-state index contributed by atoms with van der Waals surface area (Å²) >= 11 is 9.24. The largest absolute Gasteiger partial charge is 0.399 e. The summed E-state index contributed by atoms with van der Waals surface area (Å²) in [7, 11) is 0. The van der Waals surface area contributed by atoms with Crippen molar-refractivity contribution in [1.29, 1.82) is 0 Å². The second kappa shape index (κ2) is 4.90. The number of carbonyl (C=O) groups excluding carboxylic acids is 1. The predicted molar refractivity (Wildman–Crippen MR) is 73.4 cm³/mol. The minimum atomic E-state index is -0.0700. The summed E-state index contributed by atoms with van der Waals surface area (Å²) in [4.78, 5) is 12.1. The number of hydrogen-bond donors (Lipinski definition) is 1. The Bertz CT molecular complexity index is 566. The van der Waals surface area contributed by atoms with Crippen LogP contribution < -0.4 is 5.73 Å². The highest BCUT2D eigenvalue weighted by atomic mass is 79.9. The lowest BCUT2D eigenvalue weighted by molar-refractivity contribution is 0.103. The molecule has 2 N–H and O–H groups in total. The van der Waals surface area contributed by atoms with Gasteiger partial charge < -0.3 is 5.73 Å². The highest BCUT2D eigenvalue weighted by Gasteiger charge is 2.10. The van der Waals surface area contributed by atoms with Crippen LogP contribution in [-0.2, 0) is 0 Å². The second-order valence-electron chi connectivity index (χ2n) is 3.58. The van der Waals surface area contributed by atoms with Crippen molar-refractivity contribution in [1.82, 2.24) is 0 Å². The molecule has 0 heterocycles. The van der Waals surface area contributed by atoms with Crippen LogP contribution in [0, 0.1) is 0 Å². The summed E-state index contributed by atoms with van der Waals surface area (Å²) in [5, 5.41) is 0.520. The van der Waals surface area contributed by atoms with E-state index in [0.29, 0.717) is 21.8 Å². The minimum absolute atomic E-state index is 0.0700. The van der Waals surface area contributed by atoms with Gasteiger partial charge in [-0.15, -0.1) is 0 Å². The van der Waals surface area contributed by atoms with Gasteiger partial charge in [0.25, 0.3) is 0 Å². The molecule has 2 aromatic rings. The SMILES string of the molecule is Nc1ccc(C(=O)c2ccc(Br)c(Cl)c2)cc1. The predicted octanol–water partition coefficient (Wildman–Crippen LogP) is 3.92. The fourth-order valence-corrected chi connectivity index (χ4v) is 1.87. The number of anilines is 1. The molecule has 0 unspecified atom stereocenters. The standard InChI is InChI=1S/C13H9BrClNO/c14-11-6-3-9(7-12(11)15)13(17)8-1-4-10(16)5-2-8/h1-7H,16H2. The highest BCUT2D eigenvalue weighted by molar-refractivity contribution is 9.10. The summed E-state index contributed by atoms with van der Waals surface area (Å²) in [5.41, 5.74) is 7.36. The van der Waals surface area contributed by atoms with Gasteiger partial charge >= 0.3 is 0 Å². The van der Waals surface area contributed by atoms with Gasteiger partial charge in [0.2, 0.25) is 0 Å². The van der Waals surface area contributed by atoms with Gasteiger partial charge in [-0.25, -0.2) is 0 Å². The van der Waals surface area contributed by atoms with E-state index in [4.69, 9.17) is 17.3 Å². The zero-order valence-corrected chi connectivity index (χ0v) is 11.1. The molecule has 4 heteroatoms. The topological polar surface area (TPSA) is 43.1 Å². The first kappa shape index (κ1) is 12.1. The molecule has 2 nitrogen and oxygen atoms in total. The third-order valence-corrected chi connectivity index (χ3v) is 3.59. The Hall–Kier alpha value is -1.32. The van der Waals surface area contributed by atoms with Crippen molar-refractivity contribution in [2.75, 3.05) is 5.73 Å². The van der Waals surface area contributed by atoms with Gasteiger partial charge in [0.15, 0.2) is 5.78 Å². The monoisotopic (exact) mass is 309 g/mol. The first-order valence-corrected chi connectivity index (χ1v) is 6.10. The number of nitrogens with two attached hydrogens (primary N) is 1. The zero-order valence-electron chi connectivity index (χ0n) is 8.78. The van der Waals surface area contributed by atoms with Crippen LogP contribution in [0.2, 0.25) is 5.02 Å². The van der Waals surface area contributed by atoms with Gasteiger partial charge in [-0.2, -0.15) is 0 Å². The smallest absolute Gasteiger partial charge is 0.193 e. The quantitative estimate of drug-likeness (QED) is 0.675. The Balaban J connectivity index is 2.37. The van der Waals surface area contributed by atoms with Crippen LogP contribution in [0.5, 0.6) is 0 Å². The van der Waals surface area contributed by atoms with E-state index in [1.165, 1.54) is 0 Å². The van der Waals surface area contributed by atoms with Crippen molar-refractivity contribution in [3.63, 3.8) is 0 Å². The van der Waals surface area contributed by atoms with Crippen LogP contribution >= 0.6 is 27.5 Å². The van der Waals surface area contributed by atoms with Gasteiger partial charge in [-0.3, -0.25) is 4.79 Å². The van der Waals surface area contributed by atoms with Gasteiger partial charge in [0, 0.05) is 21.3 Å². The van der Waals surface area contributed by atoms with Crippen LogP contribution in [0.3, 0.4) is 0 Å². The maximum atomic E-state index is 12.1. The lowest BCUT2D eigenvalue weighted by atomic mass is 10.0. The number of carbonyl (C=O) groups is 1. The van der Waals surface area contributed by atoms with Crippen molar-refractivity contribution in [2.45, 2.75) is 0 Å². The Morgan fingerprint density at radius 2 is 1.65 bits per heavy atom. The molecule has 2 rings (SSSR count). The van der Waals surface area contributed by atoms with E-state index < -0.39 is 0 Å². The fraction of sp³-hybridized carbons (Fsp3) is 0. The van der Waals surface area contributed by atoms with Crippen LogP contribution in [0.25, 0.3) is 0 Å². The molecule has 0 aliphatic heterocycles. The van der Waals surface area contributed by atoms with Crippen molar-refractivity contribution in [3.05, 3.63) is 63.1 Å². The Morgan fingerprint density at radius 1 is 1.06 bits per heavy atom. The molecule has 0 saturated heterocycles. The number of ketones is 1. The van der Waals surface area contributed by atoms with Crippen molar-refractivity contribution in [3.8, 4) is 0 Å². The highest BCUT2D eigenvalue weighted by Crippen LogP contribution is 2.24. The van der Waals surface area contributed by atoms with Crippen molar-refractivity contribution < 1.29 is 4.79 Å². The molecule has 0 spiro atoms. The van der Waals surface area contributed by atoms with Crippen LogP contribution in [0.4, 0.5) is 5.69 Å². The van der Waals surface area contributed by atoms with E-state index in [0.717, 1.165) is 4.47 Å². The van der Waals surface area contributed by atoms with Crippen molar-refractivity contribution in [2.24, 2.45) is 0 Å². The second-order valence-corrected chi connectivity index (χ2v) is 4.84. The maximum Gasteiger partial charge on any atom is 0.193 e. The molecule has 0 radical (unpaired) electrons. The number of rotatable bonds is 2. The lowest BCUT2D eigenvalue weighted by Gasteiger charge is -2.03. The van der Waals surface area contributed by atoms with Crippen LogP contribution in [0.1, 0.15) is 15.9 Å². The molecule has 0 aliphatic carbocycles. The third kappa shape index (κ3) is 2.68. The molecule has 0 saturated carbocycles. The molecule has 0 aromatic heterocycles. The summed E-state index contributed by atoms with van der Waals surface area (Å²) in [6, 6.07) is 11.9. The first-order chi connectivity index (χ1) is 8.08. The molecule has 17 heavy (non-hydrogen) atoms. The van der Waals surface area contributed by atoms with Crippen LogP contribution in [-0.4, -0.2) is 5.78 Å². The van der Waals surface area contributed by atoms with E-state index in [2.05, 4.69) is 15.9 Å². The lowest BCUT2D eigenvalue weighted by Crippen LogP contribution is -2.01. The first-order valence-electron chi connectivity index (χ1n) is 4.93. The fourth-order valence-electron chi connectivity index (χ4n) is 1.44. The van der Waals surface area contributed by atoms with Gasteiger partial charge in [0.05, 0.1) is 5.02 Å². The number of nitrogen functional groups attached to an aromatic ring is 1. The Kier molecular flexibility index (Phi) is 3.50. The molecular formula is C13H9BrClNO. The number of benzene rings is 2. The van der Waals surface area contributed by atoms with Gasteiger partial charge in [0.1, 0.15) is 0 Å². The van der Waals surface area contributed by atoms with E-state index in [1.54, 1.807) is 42.5 Å². The van der Waals surface area contributed by atoms with Crippen LogP contribution in [0.15, 0.2) is 46.9 Å². The number of hydrogen-bond acceptors (Lipinski definition) is 2. The summed E-state index contributed by atoms with van der Waals surface area (Å²) in [5.74, 6) is -0.0700. The van der Waals surface area contributed by atoms with Crippen molar-refractivity contribution >= 4 is 39.0 Å². The molecule has 0 bridgehead atoms. The minimum Gasteiger partial charge on any atom is -0.399 e. The Labute approximate surface area is 113 Å². The average molecular weight is 311 g/mol. The van der Waals surface area contributed by atoms with Gasteiger partial charge in [-0.1, -0.05) is 11.6 Å². The molecule has 0 fully saturated rings. The molecule has 86 valence electrons. The Morgan fingerprint density at radius 3 is 2.24 bits per heavy atom.